The third-order valence-corrected chi connectivity index (χ3v) is 4.97. The first-order valence-corrected chi connectivity index (χ1v) is 15.7. The summed E-state index contributed by atoms with van der Waals surface area (Å²) >= 11 is 0. The van der Waals surface area contributed by atoms with Crippen LogP contribution in [0.3, 0.4) is 0 Å². The number of carbonyl (C=O) groups is 1. The van der Waals surface area contributed by atoms with Crippen LogP contribution in [0.2, 0.25) is 0 Å². The number of hydrogen-bond donors (Lipinski definition) is 1. The van der Waals surface area contributed by atoms with Crippen LogP contribution in [0.1, 0.15) is 20.8 Å². The van der Waals surface area contributed by atoms with E-state index in [2.05, 4.69) is 0 Å². The Labute approximate surface area is 269 Å². The second kappa shape index (κ2) is 35.8. The van der Waals surface area contributed by atoms with E-state index in [1.807, 2.05) is 20.8 Å². The van der Waals surface area contributed by atoms with Gasteiger partial charge in [0.15, 0.2) is 0 Å². The maximum absolute atomic E-state index is 11.5. The van der Waals surface area contributed by atoms with Gasteiger partial charge in [0.1, 0.15) is 12.2 Å². The molecule has 0 aromatic rings. The van der Waals surface area contributed by atoms with E-state index in [-0.39, 0.29) is 19.2 Å². The van der Waals surface area contributed by atoms with Crippen LogP contribution in [0.5, 0.6) is 0 Å². The molecule has 0 rings (SSSR count). The maximum Gasteiger partial charge on any atom is 0.332 e. The van der Waals surface area contributed by atoms with Crippen molar-refractivity contribution in [2.45, 2.75) is 26.4 Å². The number of ether oxygens (including phenoxy) is 13. The van der Waals surface area contributed by atoms with Gasteiger partial charge in [0.25, 0.3) is 0 Å². The topological polar surface area (TPSA) is 157 Å². The predicted octanol–water partition coefficient (Wildman–Crippen LogP) is 0.520. The van der Waals surface area contributed by atoms with Crippen LogP contribution in [0.25, 0.3) is 0 Å². The van der Waals surface area contributed by atoms with E-state index in [0.717, 1.165) is 0 Å². The smallest absolute Gasteiger partial charge is 0.332 e. The van der Waals surface area contributed by atoms with Gasteiger partial charge in [0.05, 0.1) is 159 Å². The normalized spacial score (nSPS) is 11.8. The fourth-order valence-corrected chi connectivity index (χ4v) is 3.01. The lowest BCUT2D eigenvalue weighted by atomic mass is 10.2. The first-order chi connectivity index (χ1) is 22.0. The van der Waals surface area contributed by atoms with Gasteiger partial charge in [-0.05, 0) is 20.8 Å². The molecule has 0 atom stereocenters. The Kier molecular flexibility index (Phi) is 35.0. The average Bonchev–Trinajstić information content (AvgIpc) is 3.00. The lowest BCUT2D eigenvalue weighted by Crippen LogP contribution is -2.27. The molecule has 0 amide bonds. The predicted molar refractivity (Wildman–Crippen MR) is 163 cm³/mol. The molecule has 0 aromatic carbocycles. The minimum atomic E-state index is -0.512. The van der Waals surface area contributed by atoms with Crippen LogP contribution >= 0.6 is 0 Å². The summed E-state index contributed by atoms with van der Waals surface area (Å²) in [5.41, 5.74) is -0.512. The number of carbonyl (C=O) groups excluding carboxylic acids is 1. The minimum Gasteiger partial charge on any atom is -0.458 e. The molecule has 0 aromatic heterocycles. The van der Waals surface area contributed by atoms with Crippen molar-refractivity contribution in [2.75, 3.05) is 165 Å². The van der Waals surface area contributed by atoms with Gasteiger partial charge in [0, 0.05) is 0 Å². The Morgan fingerprint density at radius 2 is 0.578 bits per heavy atom. The fraction of sp³-hybridized carbons (Fsp3) is 0.967. The highest BCUT2D eigenvalue weighted by Crippen LogP contribution is 2.06. The molecule has 0 unspecified atom stereocenters. The van der Waals surface area contributed by atoms with Crippen molar-refractivity contribution in [3.63, 3.8) is 0 Å². The van der Waals surface area contributed by atoms with E-state index >= 15 is 0 Å². The van der Waals surface area contributed by atoms with Gasteiger partial charge in [-0.2, -0.15) is 0 Å². The summed E-state index contributed by atoms with van der Waals surface area (Å²) in [6.45, 7) is 16.1. The molecule has 0 aliphatic rings. The summed E-state index contributed by atoms with van der Waals surface area (Å²) in [5, 5.41) is 8.57. The summed E-state index contributed by atoms with van der Waals surface area (Å²) in [5.74, 6) is -0.389. The molecular formula is C30H60O15. The van der Waals surface area contributed by atoms with E-state index in [1.54, 1.807) is 0 Å². The lowest BCUT2D eigenvalue weighted by molar-refractivity contribution is -0.160. The Morgan fingerprint density at radius 1 is 0.378 bits per heavy atom. The van der Waals surface area contributed by atoms with Crippen molar-refractivity contribution in [3.05, 3.63) is 0 Å². The van der Waals surface area contributed by atoms with E-state index in [1.165, 1.54) is 0 Å². The van der Waals surface area contributed by atoms with Crippen molar-refractivity contribution >= 4 is 5.97 Å². The molecule has 15 nitrogen and oxygen atoms in total. The molecule has 0 aliphatic carbocycles. The zero-order valence-corrected chi connectivity index (χ0v) is 27.8. The van der Waals surface area contributed by atoms with Gasteiger partial charge in [0.2, 0.25) is 0 Å². The average molecular weight is 661 g/mol. The summed E-state index contributed by atoms with van der Waals surface area (Å²) in [7, 11) is 0. The standard InChI is InChI=1S/C30H60O15/c1-30(2,3)45-29(32)28-44-27-26-43-25-24-42-23-22-41-21-20-40-19-18-39-17-16-38-15-14-37-13-12-36-11-10-35-9-8-34-7-6-33-5-4-31/h31H,4-28H2,1-3H3. The third-order valence-electron chi connectivity index (χ3n) is 4.97. The molecule has 0 saturated heterocycles. The molecule has 0 radical (unpaired) electrons. The zero-order valence-electron chi connectivity index (χ0n) is 27.8. The highest BCUT2D eigenvalue weighted by atomic mass is 16.6. The second-order valence-electron chi connectivity index (χ2n) is 10.1. The van der Waals surface area contributed by atoms with Crippen LogP contribution in [-0.4, -0.2) is 182 Å². The van der Waals surface area contributed by atoms with Crippen molar-refractivity contribution in [2.24, 2.45) is 0 Å². The fourth-order valence-electron chi connectivity index (χ4n) is 3.01. The first kappa shape index (κ1) is 43.9. The third kappa shape index (κ3) is 40.9. The van der Waals surface area contributed by atoms with Gasteiger partial charge in [-0.25, -0.2) is 4.79 Å². The quantitative estimate of drug-likeness (QED) is 0.0726. The van der Waals surface area contributed by atoms with Crippen molar-refractivity contribution in [1.29, 1.82) is 0 Å². The first-order valence-electron chi connectivity index (χ1n) is 15.7. The van der Waals surface area contributed by atoms with Crippen LogP contribution < -0.4 is 0 Å². The van der Waals surface area contributed by atoms with Crippen molar-refractivity contribution in [3.8, 4) is 0 Å². The van der Waals surface area contributed by atoms with E-state index in [4.69, 9.17) is 66.7 Å². The number of aliphatic hydroxyl groups excluding tert-OH is 1. The zero-order chi connectivity index (χ0) is 32.9. The molecule has 0 bridgehead atoms. The molecule has 270 valence electrons. The highest BCUT2D eigenvalue weighted by Gasteiger charge is 2.15. The number of rotatable bonds is 37. The minimum absolute atomic E-state index is 0.0214. The van der Waals surface area contributed by atoms with Gasteiger partial charge in [-0.3, -0.25) is 0 Å². The van der Waals surface area contributed by atoms with Gasteiger partial charge in [-0.15, -0.1) is 0 Å². The molecule has 0 saturated carbocycles. The Bertz CT molecular complexity index is 592. The van der Waals surface area contributed by atoms with E-state index in [0.29, 0.717) is 152 Å². The second-order valence-corrected chi connectivity index (χ2v) is 10.1. The van der Waals surface area contributed by atoms with E-state index in [9.17, 15) is 4.79 Å². The van der Waals surface area contributed by atoms with E-state index < -0.39 is 5.60 Å². The molecule has 0 fully saturated rings. The number of hydrogen-bond acceptors (Lipinski definition) is 15. The lowest BCUT2D eigenvalue weighted by Gasteiger charge is -2.19. The van der Waals surface area contributed by atoms with Crippen LogP contribution in [0.15, 0.2) is 0 Å². The summed E-state index contributed by atoms with van der Waals surface area (Å²) in [6.07, 6.45) is 0. The maximum atomic E-state index is 11.5. The monoisotopic (exact) mass is 660 g/mol. The SMILES string of the molecule is CC(C)(C)OC(=O)COCCOCCOCCOCCOCCOCCOCCOCCOCCOCCOCCOCCO. The molecule has 45 heavy (non-hydrogen) atoms. The molecule has 0 aliphatic heterocycles. The summed E-state index contributed by atoms with van der Waals surface area (Å²) < 4.78 is 69.7. The van der Waals surface area contributed by atoms with Crippen LogP contribution in [-0.2, 0) is 66.4 Å². The Hall–Kier alpha value is -1.05. The molecule has 15 heteroatoms. The summed E-state index contributed by atoms with van der Waals surface area (Å²) in [6, 6.07) is 0. The van der Waals surface area contributed by atoms with Gasteiger partial charge < -0.3 is 66.7 Å². The molecular weight excluding hydrogens is 600 g/mol. The Morgan fingerprint density at radius 3 is 0.778 bits per heavy atom. The summed E-state index contributed by atoms with van der Waals surface area (Å²) in [4.78, 5) is 11.5. The van der Waals surface area contributed by atoms with Gasteiger partial charge >= 0.3 is 5.97 Å². The van der Waals surface area contributed by atoms with Gasteiger partial charge in [-0.1, -0.05) is 0 Å². The molecule has 1 N–H and O–H groups in total. The largest absolute Gasteiger partial charge is 0.458 e. The van der Waals surface area contributed by atoms with Crippen LogP contribution in [0.4, 0.5) is 0 Å². The van der Waals surface area contributed by atoms with Crippen LogP contribution in [0, 0.1) is 0 Å². The number of esters is 1. The molecule has 0 spiro atoms. The highest BCUT2D eigenvalue weighted by molar-refractivity contribution is 5.71. The van der Waals surface area contributed by atoms with Crippen molar-refractivity contribution < 1.29 is 71.5 Å². The Balaban J connectivity index is 3.09. The number of aliphatic hydroxyl groups is 1. The van der Waals surface area contributed by atoms with Crippen molar-refractivity contribution in [1.82, 2.24) is 0 Å². The molecule has 0 heterocycles.